The van der Waals surface area contributed by atoms with E-state index in [1.54, 1.807) is 6.07 Å². The third-order valence-electron chi connectivity index (χ3n) is 3.47. The highest BCUT2D eigenvalue weighted by molar-refractivity contribution is 5.44. The molecule has 20 heavy (non-hydrogen) atoms. The summed E-state index contributed by atoms with van der Waals surface area (Å²) in [5, 5.41) is 3.38. The number of anilines is 2. The van der Waals surface area contributed by atoms with Gasteiger partial charge in [0.2, 0.25) is 0 Å². The molecule has 0 radical (unpaired) electrons. The number of hydrogen-bond acceptors (Lipinski definition) is 6. The van der Waals surface area contributed by atoms with Crippen molar-refractivity contribution >= 4 is 11.6 Å². The predicted molar refractivity (Wildman–Crippen MR) is 76.1 cm³/mol. The lowest BCUT2D eigenvalue weighted by molar-refractivity contribution is 0.185. The molecule has 104 valence electrons. The second kappa shape index (κ2) is 5.83. The Morgan fingerprint density at radius 2 is 2.10 bits per heavy atom. The van der Waals surface area contributed by atoms with E-state index >= 15 is 0 Å². The van der Waals surface area contributed by atoms with Gasteiger partial charge >= 0.3 is 0 Å². The van der Waals surface area contributed by atoms with Crippen LogP contribution in [0.5, 0.6) is 0 Å². The number of nitrogen functional groups attached to an aromatic ring is 1. The Balaban J connectivity index is 1.66. The molecule has 2 atom stereocenters. The molecule has 1 saturated heterocycles. The molecule has 0 bridgehead atoms. The summed E-state index contributed by atoms with van der Waals surface area (Å²) in [5.41, 5.74) is 6.93. The Morgan fingerprint density at radius 3 is 2.90 bits per heavy atom. The molecule has 2 aromatic rings. The number of nitrogens with zero attached hydrogens (tertiary/aromatic N) is 3. The molecule has 1 fully saturated rings. The topological polar surface area (TPSA) is 86.0 Å². The third kappa shape index (κ3) is 3.03. The van der Waals surface area contributed by atoms with Gasteiger partial charge in [-0.05, 0) is 24.1 Å². The van der Waals surface area contributed by atoms with Crippen molar-refractivity contribution in [3.8, 4) is 0 Å². The molecule has 2 aromatic heterocycles. The maximum absolute atomic E-state index is 5.66. The summed E-state index contributed by atoms with van der Waals surface area (Å²) in [6.45, 7) is 1.43. The van der Waals surface area contributed by atoms with Gasteiger partial charge in [0.15, 0.2) is 0 Å². The molecule has 0 aromatic carbocycles. The lowest BCUT2D eigenvalue weighted by Gasteiger charge is -2.19. The minimum Gasteiger partial charge on any atom is -0.384 e. The van der Waals surface area contributed by atoms with Crippen LogP contribution < -0.4 is 11.1 Å². The first kappa shape index (κ1) is 12.8. The minimum absolute atomic E-state index is 0.234. The number of aromatic nitrogens is 3. The second-order valence-electron chi connectivity index (χ2n) is 4.94. The first-order valence-electron chi connectivity index (χ1n) is 6.62. The van der Waals surface area contributed by atoms with Gasteiger partial charge in [-0.15, -0.1) is 0 Å². The van der Waals surface area contributed by atoms with E-state index in [1.165, 1.54) is 11.9 Å². The standard InChI is InChI=1S/C14H17N5O/c15-13-6-14(18-9-17-13)19-12-8-20-7-11(12)5-10-1-3-16-4-2-10/h1-4,6,9,11-12H,5,7-8H2,(H3,15,17,18,19)/t11-,12-/m1/s1. The summed E-state index contributed by atoms with van der Waals surface area (Å²) in [5.74, 6) is 1.62. The fraction of sp³-hybridized carbons (Fsp3) is 0.357. The van der Waals surface area contributed by atoms with Crippen LogP contribution in [-0.4, -0.2) is 34.2 Å². The highest BCUT2D eigenvalue weighted by Gasteiger charge is 2.28. The maximum atomic E-state index is 5.66. The Labute approximate surface area is 117 Å². The zero-order chi connectivity index (χ0) is 13.8. The van der Waals surface area contributed by atoms with Crippen molar-refractivity contribution in [3.63, 3.8) is 0 Å². The van der Waals surface area contributed by atoms with Gasteiger partial charge in [-0.2, -0.15) is 0 Å². The molecule has 0 saturated carbocycles. The average molecular weight is 271 g/mol. The molecule has 3 rings (SSSR count). The number of nitrogens with two attached hydrogens (primary N) is 1. The van der Waals surface area contributed by atoms with E-state index in [2.05, 4.69) is 20.3 Å². The van der Waals surface area contributed by atoms with Crippen LogP contribution >= 0.6 is 0 Å². The fourth-order valence-electron chi connectivity index (χ4n) is 2.42. The van der Waals surface area contributed by atoms with Crippen LogP contribution in [0, 0.1) is 5.92 Å². The predicted octanol–water partition coefficient (Wildman–Crippen LogP) is 1.12. The maximum Gasteiger partial charge on any atom is 0.131 e. The highest BCUT2D eigenvalue weighted by Crippen LogP contribution is 2.22. The fourth-order valence-corrected chi connectivity index (χ4v) is 2.42. The zero-order valence-corrected chi connectivity index (χ0v) is 11.1. The summed E-state index contributed by atoms with van der Waals surface area (Å²) in [6, 6.07) is 6.05. The number of nitrogens with one attached hydrogen (secondary N) is 1. The molecule has 0 spiro atoms. The van der Waals surface area contributed by atoms with E-state index < -0.39 is 0 Å². The van der Waals surface area contributed by atoms with Crippen LogP contribution in [0.15, 0.2) is 36.9 Å². The Hall–Kier alpha value is -2.21. The molecular weight excluding hydrogens is 254 g/mol. The number of hydrogen-bond donors (Lipinski definition) is 2. The van der Waals surface area contributed by atoms with E-state index in [4.69, 9.17) is 10.5 Å². The van der Waals surface area contributed by atoms with Crippen LogP contribution in [0.25, 0.3) is 0 Å². The van der Waals surface area contributed by atoms with Crippen LogP contribution in [0.3, 0.4) is 0 Å². The van der Waals surface area contributed by atoms with Crippen molar-refractivity contribution in [2.45, 2.75) is 12.5 Å². The molecule has 3 N–H and O–H groups in total. The SMILES string of the molecule is Nc1cc(N[C@@H]2COC[C@H]2Cc2ccncc2)ncn1. The first-order valence-corrected chi connectivity index (χ1v) is 6.62. The van der Waals surface area contributed by atoms with Crippen molar-refractivity contribution in [1.82, 2.24) is 15.0 Å². The van der Waals surface area contributed by atoms with Crippen molar-refractivity contribution in [3.05, 3.63) is 42.5 Å². The monoisotopic (exact) mass is 271 g/mol. The molecule has 6 nitrogen and oxygen atoms in total. The van der Waals surface area contributed by atoms with Gasteiger partial charge in [-0.25, -0.2) is 9.97 Å². The zero-order valence-electron chi connectivity index (χ0n) is 11.1. The molecule has 0 amide bonds. The largest absolute Gasteiger partial charge is 0.384 e. The molecule has 0 unspecified atom stereocenters. The number of ether oxygens (including phenoxy) is 1. The summed E-state index contributed by atoms with van der Waals surface area (Å²) < 4.78 is 5.59. The smallest absolute Gasteiger partial charge is 0.131 e. The van der Waals surface area contributed by atoms with Gasteiger partial charge in [0, 0.05) is 24.4 Å². The molecular formula is C14H17N5O. The van der Waals surface area contributed by atoms with E-state index in [0.717, 1.165) is 18.8 Å². The second-order valence-corrected chi connectivity index (χ2v) is 4.94. The summed E-state index contributed by atoms with van der Waals surface area (Å²) in [6.07, 6.45) is 6.06. The summed E-state index contributed by atoms with van der Waals surface area (Å²) in [7, 11) is 0. The van der Waals surface area contributed by atoms with Gasteiger partial charge in [-0.1, -0.05) is 0 Å². The van der Waals surface area contributed by atoms with Crippen molar-refractivity contribution in [2.24, 2.45) is 5.92 Å². The van der Waals surface area contributed by atoms with Crippen LogP contribution in [0.1, 0.15) is 5.56 Å². The van der Waals surface area contributed by atoms with Gasteiger partial charge in [0.25, 0.3) is 0 Å². The molecule has 6 heteroatoms. The summed E-state index contributed by atoms with van der Waals surface area (Å²) in [4.78, 5) is 12.1. The van der Waals surface area contributed by atoms with E-state index in [1.807, 2.05) is 24.5 Å². The minimum atomic E-state index is 0.234. The highest BCUT2D eigenvalue weighted by atomic mass is 16.5. The average Bonchev–Trinajstić information content (AvgIpc) is 2.87. The van der Waals surface area contributed by atoms with E-state index in [-0.39, 0.29) is 6.04 Å². The molecule has 0 aliphatic carbocycles. The lowest BCUT2D eigenvalue weighted by Crippen LogP contribution is -2.29. The summed E-state index contributed by atoms with van der Waals surface area (Å²) >= 11 is 0. The number of pyridine rings is 1. The van der Waals surface area contributed by atoms with E-state index in [0.29, 0.717) is 18.3 Å². The van der Waals surface area contributed by atoms with Crippen LogP contribution in [0.4, 0.5) is 11.6 Å². The Morgan fingerprint density at radius 1 is 1.25 bits per heavy atom. The Bertz CT molecular complexity index is 563. The van der Waals surface area contributed by atoms with Crippen molar-refractivity contribution in [2.75, 3.05) is 24.3 Å². The van der Waals surface area contributed by atoms with Crippen molar-refractivity contribution in [1.29, 1.82) is 0 Å². The van der Waals surface area contributed by atoms with Gasteiger partial charge in [-0.3, -0.25) is 4.98 Å². The van der Waals surface area contributed by atoms with Crippen LogP contribution in [-0.2, 0) is 11.2 Å². The van der Waals surface area contributed by atoms with E-state index in [9.17, 15) is 0 Å². The first-order chi connectivity index (χ1) is 9.81. The Kier molecular flexibility index (Phi) is 3.73. The number of rotatable bonds is 4. The van der Waals surface area contributed by atoms with Gasteiger partial charge < -0.3 is 15.8 Å². The van der Waals surface area contributed by atoms with Crippen LogP contribution in [0.2, 0.25) is 0 Å². The van der Waals surface area contributed by atoms with Gasteiger partial charge in [0.05, 0.1) is 19.3 Å². The normalized spacial score (nSPS) is 21.8. The molecule has 1 aliphatic rings. The molecule has 3 heterocycles. The lowest BCUT2D eigenvalue weighted by atomic mass is 9.95. The quantitative estimate of drug-likeness (QED) is 0.866. The molecule has 1 aliphatic heterocycles. The van der Waals surface area contributed by atoms with Gasteiger partial charge in [0.1, 0.15) is 18.0 Å². The van der Waals surface area contributed by atoms with Crippen molar-refractivity contribution < 1.29 is 4.74 Å². The third-order valence-corrected chi connectivity index (χ3v) is 3.47.